The smallest absolute Gasteiger partial charge is 0.340 e. The number of ether oxygens (including phenoxy) is 2. The number of alkyl halides is 4. The van der Waals surface area contributed by atoms with E-state index in [1.165, 1.54) is 12.1 Å². The van der Waals surface area contributed by atoms with Gasteiger partial charge in [-0.25, -0.2) is 18.4 Å². The molecule has 1 rings (SSSR count). The molecular formula is C13H9ClF4O4. The van der Waals surface area contributed by atoms with E-state index in [2.05, 4.69) is 4.74 Å². The lowest BCUT2D eigenvalue weighted by Gasteiger charge is -2.13. The Bertz CT molecular complexity index is 575. The third kappa shape index (κ3) is 5.72. The summed E-state index contributed by atoms with van der Waals surface area (Å²) >= 11 is 5.71. The third-order valence-corrected chi connectivity index (χ3v) is 2.44. The Morgan fingerprint density at radius 1 is 1.18 bits per heavy atom. The molecule has 0 saturated carbocycles. The first-order valence-corrected chi connectivity index (χ1v) is 6.07. The van der Waals surface area contributed by atoms with Gasteiger partial charge in [-0.1, -0.05) is 23.7 Å². The van der Waals surface area contributed by atoms with Gasteiger partial charge in [-0.3, -0.25) is 0 Å². The van der Waals surface area contributed by atoms with Crippen LogP contribution in [0.5, 0.6) is 5.75 Å². The van der Waals surface area contributed by atoms with Gasteiger partial charge < -0.3 is 9.47 Å². The Hall–Kier alpha value is -2.09. The first-order valence-electron chi connectivity index (χ1n) is 5.69. The van der Waals surface area contributed by atoms with Crippen LogP contribution in [-0.2, 0) is 14.3 Å². The Labute approximate surface area is 127 Å². The van der Waals surface area contributed by atoms with Crippen molar-refractivity contribution in [1.82, 2.24) is 0 Å². The maximum atomic E-state index is 12.5. The van der Waals surface area contributed by atoms with E-state index in [0.717, 1.165) is 0 Å². The van der Waals surface area contributed by atoms with Gasteiger partial charge in [0.05, 0.1) is 5.02 Å². The minimum absolute atomic E-state index is 0.0245. The molecule has 0 bridgehead atoms. The van der Waals surface area contributed by atoms with Gasteiger partial charge in [0.15, 0.2) is 6.61 Å². The summed E-state index contributed by atoms with van der Waals surface area (Å²) < 4.78 is 57.2. The van der Waals surface area contributed by atoms with Crippen molar-refractivity contribution in [3.8, 4) is 5.75 Å². The average molecular weight is 341 g/mol. The van der Waals surface area contributed by atoms with Crippen LogP contribution < -0.4 is 4.74 Å². The van der Waals surface area contributed by atoms with E-state index >= 15 is 0 Å². The Morgan fingerprint density at radius 3 is 2.36 bits per heavy atom. The summed E-state index contributed by atoms with van der Waals surface area (Å²) in [6.07, 6.45) is -2.90. The van der Waals surface area contributed by atoms with E-state index < -0.39 is 30.9 Å². The molecule has 0 amide bonds. The molecule has 0 unspecified atom stereocenters. The second-order valence-corrected chi connectivity index (χ2v) is 4.26. The fraction of sp³-hybridized carbons (Fsp3) is 0.231. The molecule has 0 aliphatic rings. The number of rotatable bonds is 6. The molecular weight excluding hydrogens is 332 g/mol. The number of halogens is 5. The van der Waals surface area contributed by atoms with E-state index in [4.69, 9.17) is 16.3 Å². The highest BCUT2D eigenvalue weighted by atomic mass is 35.5. The van der Waals surface area contributed by atoms with Gasteiger partial charge in [0.25, 0.3) is 0 Å². The number of carbonyl (C=O) groups is 2. The van der Waals surface area contributed by atoms with Crippen molar-refractivity contribution >= 4 is 23.5 Å². The summed E-state index contributed by atoms with van der Waals surface area (Å²) in [5.41, 5.74) is 0. The Balaban J connectivity index is 2.49. The number of esters is 2. The van der Waals surface area contributed by atoms with Crippen molar-refractivity contribution in [1.29, 1.82) is 0 Å². The second kappa shape index (κ2) is 7.79. The molecule has 0 aliphatic heterocycles. The molecule has 1 aromatic carbocycles. The molecule has 1 aromatic rings. The van der Waals surface area contributed by atoms with Crippen LogP contribution in [0.25, 0.3) is 0 Å². The maximum absolute atomic E-state index is 12.5. The van der Waals surface area contributed by atoms with Gasteiger partial charge in [-0.15, -0.1) is 0 Å². The van der Waals surface area contributed by atoms with Crippen LogP contribution in [0.4, 0.5) is 17.6 Å². The highest BCUT2D eigenvalue weighted by Gasteiger charge is 2.42. The minimum Gasteiger partial charge on any atom is -0.456 e. The molecule has 4 nitrogen and oxygen atoms in total. The quantitative estimate of drug-likeness (QED) is 0.345. The molecule has 0 aliphatic carbocycles. The minimum atomic E-state index is -4.46. The van der Waals surface area contributed by atoms with Crippen molar-refractivity contribution in [2.45, 2.75) is 12.3 Å². The van der Waals surface area contributed by atoms with Gasteiger partial charge in [0.2, 0.25) is 0 Å². The van der Waals surface area contributed by atoms with Crippen molar-refractivity contribution in [2.75, 3.05) is 6.61 Å². The first-order chi connectivity index (χ1) is 10.2. The summed E-state index contributed by atoms with van der Waals surface area (Å²) in [5, 5.41) is 0.142. The standard InChI is InChI=1S/C13H9ClF4O4/c14-8-3-1-2-4-9(8)22-11(20)6-5-10(19)21-7-13(17,18)12(15)16/h1-6,12H,7H2/b6-5+. The SMILES string of the molecule is O=C(/C=C/C(=O)Oc1ccccc1Cl)OCC(F)(F)C(F)F. The molecule has 0 spiro atoms. The van der Waals surface area contributed by atoms with Gasteiger partial charge in [-0.05, 0) is 12.1 Å². The van der Waals surface area contributed by atoms with Crippen molar-refractivity contribution in [3.63, 3.8) is 0 Å². The molecule has 0 atom stereocenters. The number of hydrogen-bond donors (Lipinski definition) is 0. The second-order valence-electron chi connectivity index (χ2n) is 3.85. The summed E-state index contributed by atoms with van der Waals surface area (Å²) in [6.45, 7) is -1.80. The van der Waals surface area contributed by atoms with Crippen molar-refractivity contribution in [3.05, 3.63) is 41.4 Å². The molecule has 0 radical (unpaired) electrons. The molecule has 9 heteroatoms. The molecule has 0 heterocycles. The van der Waals surface area contributed by atoms with Gasteiger partial charge in [0, 0.05) is 12.2 Å². The first kappa shape index (κ1) is 18.0. The van der Waals surface area contributed by atoms with Crippen LogP contribution in [0.2, 0.25) is 5.02 Å². The highest BCUT2D eigenvalue weighted by molar-refractivity contribution is 6.32. The molecule has 0 saturated heterocycles. The molecule has 0 aromatic heterocycles. The number of carbonyl (C=O) groups excluding carboxylic acids is 2. The predicted octanol–water partition coefficient (Wildman–Crippen LogP) is 3.25. The van der Waals surface area contributed by atoms with Gasteiger partial charge in [-0.2, -0.15) is 8.78 Å². The monoisotopic (exact) mass is 340 g/mol. The Morgan fingerprint density at radius 2 is 1.77 bits per heavy atom. The summed E-state index contributed by atoms with van der Waals surface area (Å²) in [4.78, 5) is 22.3. The fourth-order valence-electron chi connectivity index (χ4n) is 1.08. The third-order valence-electron chi connectivity index (χ3n) is 2.13. The average Bonchev–Trinajstić information content (AvgIpc) is 2.45. The summed E-state index contributed by atoms with van der Waals surface area (Å²) in [6, 6.07) is 5.97. The van der Waals surface area contributed by atoms with Crippen LogP contribution in [-0.4, -0.2) is 30.9 Å². The number of hydrogen-bond acceptors (Lipinski definition) is 4. The molecule has 22 heavy (non-hydrogen) atoms. The Kier molecular flexibility index (Phi) is 6.36. The lowest BCUT2D eigenvalue weighted by Crippen LogP contribution is -2.33. The zero-order valence-corrected chi connectivity index (χ0v) is 11.5. The van der Waals surface area contributed by atoms with Gasteiger partial charge >= 0.3 is 24.3 Å². The summed E-state index contributed by atoms with van der Waals surface area (Å²) in [7, 11) is 0. The van der Waals surface area contributed by atoms with Crippen LogP contribution in [0.3, 0.4) is 0 Å². The number of para-hydroxylation sites is 1. The van der Waals surface area contributed by atoms with E-state index in [0.29, 0.717) is 12.2 Å². The highest BCUT2D eigenvalue weighted by Crippen LogP contribution is 2.24. The van der Waals surface area contributed by atoms with E-state index in [-0.39, 0.29) is 10.8 Å². The van der Waals surface area contributed by atoms with Crippen LogP contribution in [0.1, 0.15) is 0 Å². The molecule has 120 valence electrons. The van der Waals surface area contributed by atoms with Crippen LogP contribution in [0, 0.1) is 0 Å². The van der Waals surface area contributed by atoms with Crippen LogP contribution >= 0.6 is 11.6 Å². The maximum Gasteiger partial charge on any atom is 0.340 e. The molecule has 0 fully saturated rings. The van der Waals surface area contributed by atoms with Gasteiger partial charge in [0.1, 0.15) is 5.75 Å². The topological polar surface area (TPSA) is 52.6 Å². The zero-order valence-electron chi connectivity index (χ0n) is 10.8. The fourth-order valence-corrected chi connectivity index (χ4v) is 1.26. The van der Waals surface area contributed by atoms with Crippen molar-refractivity contribution < 1.29 is 36.6 Å². The zero-order chi connectivity index (χ0) is 16.8. The summed E-state index contributed by atoms with van der Waals surface area (Å²) in [5.74, 6) is -6.85. The van der Waals surface area contributed by atoms with E-state index in [9.17, 15) is 27.2 Å². The number of benzene rings is 1. The van der Waals surface area contributed by atoms with Crippen molar-refractivity contribution in [2.24, 2.45) is 0 Å². The normalized spacial score (nSPS) is 11.7. The lowest BCUT2D eigenvalue weighted by atomic mass is 10.3. The molecule has 0 N–H and O–H groups in total. The largest absolute Gasteiger partial charge is 0.456 e. The van der Waals surface area contributed by atoms with E-state index in [1.807, 2.05) is 0 Å². The lowest BCUT2D eigenvalue weighted by molar-refractivity contribution is -0.176. The van der Waals surface area contributed by atoms with E-state index in [1.54, 1.807) is 12.1 Å². The van der Waals surface area contributed by atoms with Crippen LogP contribution in [0.15, 0.2) is 36.4 Å². The predicted molar refractivity (Wildman–Crippen MR) is 68.1 cm³/mol.